The van der Waals surface area contributed by atoms with Gasteiger partial charge in [-0.25, -0.2) is 0 Å². The Bertz CT molecular complexity index is 462. The molecule has 0 aliphatic heterocycles. The lowest BCUT2D eigenvalue weighted by Gasteiger charge is -2.11. The van der Waals surface area contributed by atoms with E-state index in [2.05, 4.69) is 48.0 Å². The van der Waals surface area contributed by atoms with Crippen molar-refractivity contribution in [1.29, 1.82) is 0 Å². The third-order valence-electron chi connectivity index (χ3n) is 3.35. The SMILES string of the molecule is Cc1ccccc1CCC(O)CCc1ccsc1. The maximum Gasteiger partial charge on any atom is 0.0546 e. The summed E-state index contributed by atoms with van der Waals surface area (Å²) in [6, 6.07) is 10.6. The maximum absolute atomic E-state index is 10.0. The summed E-state index contributed by atoms with van der Waals surface area (Å²) in [5.41, 5.74) is 4.02. The van der Waals surface area contributed by atoms with Crippen LogP contribution in [0.5, 0.6) is 0 Å². The standard InChI is InChI=1S/C16H20OS/c1-13-4-2-3-5-15(13)7-9-16(17)8-6-14-10-11-18-12-14/h2-5,10-12,16-17H,6-9H2,1H3. The Hall–Kier alpha value is -1.12. The molecule has 0 fully saturated rings. The second-order valence-corrected chi connectivity index (χ2v) is 5.57. The summed E-state index contributed by atoms with van der Waals surface area (Å²) >= 11 is 1.72. The number of aryl methyl sites for hydroxylation is 3. The fourth-order valence-electron chi connectivity index (χ4n) is 2.13. The molecule has 2 heteroatoms. The van der Waals surface area contributed by atoms with Crippen molar-refractivity contribution in [3.63, 3.8) is 0 Å². The molecular formula is C16H20OS. The van der Waals surface area contributed by atoms with E-state index >= 15 is 0 Å². The minimum Gasteiger partial charge on any atom is -0.393 e. The average Bonchev–Trinajstić information content (AvgIpc) is 2.88. The Balaban J connectivity index is 1.75. The topological polar surface area (TPSA) is 20.2 Å². The summed E-state index contributed by atoms with van der Waals surface area (Å²) in [6.45, 7) is 2.13. The number of hydrogen-bond acceptors (Lipinski definition) is 2. The van der Waals surface area contributed by atoms with E-state index in [1.165, 1.54) is 16.7 Å². The molecule has 0 spiro atoms. The maximum atomic E-state index is 10.0. The molecule has 0 bridgehead atoms. The third-order valence-corrected chi connectivity index (χ3v) is 4.09. The fourth-order valence-corrected chi connectivity index (χ4v) is 2.83. The zero-order valence-corrected chi connectivity index (χ0v) is 11.6. The smallest absolute Gasteiger partial charge is 0.0546 e. The highest BCUT2D eigenvalue weighted by Gasteiger charge is 2.06. The Morgan fingerprint density at radius 3 is 2.61 bits per heavy atom. The number of rotatable bonds is 6. The first-order valence-corrected chi connectivity index (χ1v) is 7.43. The van der Waals surface area contributed by atoms with Crippen LogP contribution in [0.4, 0.5) is 0 Å². The summed E-state index contributed by atoms with van der Waals surface area (Å²) in [5.74, 6) is 0. The van der Waals surface area contributed by atoms with Gasteiger partial charge in [-0.05, 0) is 66.1 Å². The molecular weight excluding hydrogens is 240 g/mol. The van der Waals surface area contributed by atoms with Crippen molar-refractivity contribution in [3.8, 4) is 0 Å². The van der Waals surface area contributed by atoms with Crippen LogP contribution in [0.3, 0.4) is 0 Å². The molecule has 1 aromatic carbocycles. The summed E-state index contributed by atoms with van der Waals surface area (Å²) in [5, 5.41) is 14.3. The Morgan fingerprint density at radius 1 is 1.11 bits per heavy atom. The van der Waals surface area contributed by atoms with Gasteiger partial charge in [0.05, 0.1) is 6.10 Å². The minimum absolute atomic E-state index is 0.190. The van der Waals surface area contributed by atoms with Gasteiger partial charge in [0.15, 0.2) is 0 Å². The molecule has 2 aromatic rings. The number of aliphatic hydroxyl groups is 1. The summed E-state index contributed by atoms with van der Waals surface area (Å²) in [4.78, 5) is 0. The largest absolute Gasteiger partial charge is 0.393 e. The van der Waals surface area contributed by atoms with Gasteiger partial charge < -0.3 is 5.11 Å². The second kappa shape index (κ2) is 6.72. The van der Waals surface area contributed by atoms with E-state index in [9.17, 15) is 5.11 Å². The van der Waals surface area contributed by atoms with Crippen LogP contribution < -0.4 is 0 Å². The predicted octanol–water partition coefficient (Wildman–Crippen LogP) is 3.98. The summed E-state index contributed by atoms with van der Waals surface area (Å²) in [6.07, 6.45) is 3.48. The van der Waals surface area contributed by atoms with Crippen LogP contribution in [0.2, 0.25) is 0 Å². The number of aliphatic hydroxyl groups excluding tert-OH is 1. The first kappa shape index (κ1) is 13.3. The molecule has 0 aliphatic rings. The van der Waals surface area contributed by atoms with Crippen LogP contribution in [0, 0.1) is 6.92 Å². The molecule has 1 atom stereocenters. The first-order chi connectivity index (χ1) is 8.75. The van der Waals surface area contributed by atoms with Crippen molar-refractivity contribution in [3.05, 3.63) is 57.8 Å². The number of benzene rings is 1. The van der Waals surface area contributed by atoms with Gasteiger partial charge >= 0.3 is 0 Å². The lowest BCUT2D eigenvalue weighted by molar-refractivity contribution is 0.155. The Kier molecular flexibility index (Phi) is 4.97. The molecule has 1 unspecified atom stereocenters. The fraction of sp³-hybridized carbons (Fsp3) is 0.375. The van der Waals surface area contributed by atoms with Crippen LogP contribution in [0.1, 0.15) is 29.5 Å². The van der Waals surface area contributed by atoms with Gasteiger partial charge in [-0.2, -0.15) is 11.3 Å². The van der Waals surface area contributed by atoms with Gasteiger partial charge in [0, 0.05) is 0 Å². The molecule has 18 heavy (non-hydrogen) atoms. The molecule has 96 valence electrons. The third kappa shape index (κ3) is 3.97. The van der Waals surface area contributed by atoms with Gasteiger partial charge in [-0.15, -0.1) is 0 Å². The quantitative estimate of drug-likeness (QED) is 0.833. The Morgan fingerprint density at radius 2 is 1.89 bits per heavy atom. The van der Waals surface area contributed by atoms with E-state index in [1.54, 1.807) is 11.3 Å². The molecule has 0 radical (unpaired) electrons. The van der Waals surface area contributed by atoms with Gasteiger partial charge in [-0.1, -0.05) is 24.3 Å². The van der Waals surface area contributed by atoms with Gasteiger partial charge in [-0.3, -0.25) is 0 Å². The average molecular weight is 260 g/mol. The van der Waals surface area contributed by atoms with Crippen molar-refractivity contribution >= 4 is 11.3 Å². The highest BCUT2D eigenvalue weighted by Crippen LogP contribution is 2.14. The van der Waals surface area contributed by atoms with Crippen LogP contribution in [0.15, 0.2) is 41.1 Å². The minimum atomic E-state index is -0.190. The van der Waals surface area contributed by atoms with E-state index < -0.39 is 0 Å². The van der Waals surface area contributed by atoms with Crippen LogP contribution in [-0.4, -0.2) is 11.2 Å². The zero-order valence-electron chi connectivity index (χ0n) is 10.8. The van der Waals surface area contributed by atoms with E-state index in [4.69, 9.17) is 0 Å². The molecule has 0 amide bonds. The van der Waals surface area contributed by atoms with Gasteiger partial charge in [0.25, 0.3) is 0 Å². The van der Waals surface area contributed by atoms with Crippen molar-refractivity contribution in [2.75, 3.05) is 0 Å². The van der Waals surface area contributed by atoms with Crippen LogP contribution >= 0.6 is 11.3 Å². The number of hydrogen-bond donors (Lipinski definition) is 1. The monoisotopic (exact) mass is 260 g/mol. The lowest BCUT2D eigenvalue weighted by Crippen LogP contribution is -2.09. The number of thiophene rings is 1. The molecule has 0 saturated heterocycles. The zero-order chi connectivity index (χ0) is 12.8. The first-order valence-electron chi connectivity index (χ1n) is 6.49. The van der Waals surface area contributed by atoms with Crippen LogP contribution in [-0.2, 0) is 12.8 Å². The molecule has 2 rings (SSSR count). The molecule has 1 N–H and O–H groups in total. The van der Waals surface area contributed by atoms with E-state index in [-0.39, 0.29) is 6.10 Å². The van der Waals surface area contributed by atoms with E-state index in [0.29, 0.717) is 0 Å². The van der Waals surface area contributed by atoms with E-state index in [1.807, 2.05) is 0 Å². The van der Waals surface area contributed by atoms with Crippen molar-refractivity contribution in [2.24, 2.45) is 0 Å². The highest BCUT2D eigenvalue weighted by molar-refractivity contribution is 7.07. The molecule has 1 heterocycles. The molecule has 0 saturated carbocycles. The molecule has 0 aliphatic carbocycles. The Labute approximate surface area is 113 Å². The van der Waals surface area contributed by atoms with Crippen molar-refractivity contribution in [1.82, 2.24) is 0 Å². The molecule has 1 aromatic heterocycles. The van der Waals surface area contributed by atoms with Crippen molar-refractivity contribution in [2.45, 2.75) is 38.7 Å². The highest BCUT2D eigenvalue weighted by atomic mass is 32.1. The van der Waals surface area contributed by atoms with E-state index in [0.717, 1.165) is 25.7 Å². The van der Waals surface area contributed by atoms with Crippen molar-refractivity contribution < 1.29 is 5.11 Å². The summed E-state index contributed by atoms with van der Waals surface area (Å²) < 4.78 is 0. The lowest BCUT2D eigenvalue weighted by atomic mass is 9.99. The van der Waals surface area contributed by atoms with Gasteiger partial charge in [0.1, 0.15) is 0 Å². The normalized spacial score (nSPS) is 12.6. The van der Waals surface area contributed by atoms with Gasteiger partial charge in [0.2, 0.25) is 0 Å². The second-order valence-electron chi connectivity index (χ2n) is 4.79. The van der Waals surface area contributed by atoms with Crippen LogP contribution in [0.25, 0.3) is 0 Å². The predicted molar refractivity (Wildman–Crippen MR) is 78.1 cm³/mol. The summed E-state index contributed by atoms with van der Waals surface area (Å²) in [7, 11) is 0. The molecule has 1 nitrogen and oxygen atoms in total.